The maximum absolute atomic E-state index is 11.7. The molecule has 0 bridgehead atoms. The Kier molecular flexibility index (Phi) is 5.40. The zero-order valence-electron chi connectivity index (χ0n) is 12.2. The Balaban J connectivity index is 2.17. The summed E-state index contributed by atoms with van der Waals surface area (Å²) in [5.41, 5.74) is 1.16. The van der Waals surface area contributed by atoms with Crippen molar-refractivity contribution in [1.29, 1.82) is 0 Å². The molecule has 1 saturated heterocycles. The maximum atomic E-state index is 11.7. The van der Waals surface area contributed by atoms with Gasteiger partial charge < -0.3 is 10.2 Å². The van der Waals surface area contributed by atoms with E-state index in [1.165, 1.54) is 4.88 Å². The minimum atomic E-state index is -2.86. The molecule has 1 aromatic heterocycles. The minimum Gasteiger partial charge on any atom is -0.347 e. The monoisotopic (exact) mass is 317 g/mol. The number of sulfone groups is 1. The van der Waals surface area contributed by atoms with Gasteiger partial charge in [-0.1, -0.05) is 13.3 Å². The number of rotatable bonds is 5. The molecule has 1 aliphatic rings. The van der Waals surface area contributed by atoms with Crippen LogP contribution in [0, 0.1) is 0 Å². The van der Waals surface area contributed by atoms with E-state index < -0.39 is 9.84 Å². The standard InChI is InChI=1S/C13H23N3O2S2/c1-3-5-11-12(10-14-2)19-13(15-11)16-6-4-8-20(17,18)9-7-16/h14H,3-10H2,1-2H3. The molecule has 2 heterocycles. The third-order valence-electron chi connectivity index (χ3n) is 3.42. The van der Waals surface area contributed by atoms with Crippen molar-refractivity contribution in [3.63, 3.8) is 0 Å². The predicted molar refractivity (Wildman–Crippen MR) is 84.4 cm³/mol. The molecule has 2 rings (SSSR count). The quantitative estimate of drug-likeness (QED) is 0.890. The Bertz CT molecular complexity index is 516. The first-order valence-corrected chi connectivity index (χ1v) is 9.78. The summed E-state index contributed by atoms with van der Waals surface area (Å²) in [6.07, 6.45) is 2.76. The van der Waals surface area contributed by atoms with Crippen molar-refractivity contribution in [2.75, 3.05) is 36.5 Å². The van der Waals surface area contributed by atoms with Crippen LogP contribution in [-0.2, 0) is 22.8 Å². The van der Waals surface area contributed by atoms with E-state index in [1.54, 1.807) is 11.3 Å². The Morgan fingerprint density at radius 2 is 2.15 bits per heavy atom. The van der Waals surface area contributed by atoms with E-state index in [1.807, 2.05) is 7.05 Å². The lowest BCUT2D eigenvalue weighted by Gasteiger charge is -2.17. The van der Waals surface area contributed by atoms with Crippen molar-refractivity contribution in [2.24, 2.45) is 0 Å². The third kappa shape index (κ3) is 3.93. The average Bonchev–Trinajstić information content (AvgIpc) is 2.68. The predicted octanol–water partition coefficient (Wildman–Crippen LogP) is 1.44. The van der Waals surface area contributed by atoms with Gasteiger partial charge in [-0.3, -0.25) is 0 Å². The number of hydrogen-bond donors (Lipinski definition) is 1. The van der Waals surface area contributed by atoms with Crippen LogP contribution in [0.2, 0.25) is 0 Å². The summed E-state index contributed by atoms with van der Waals surface area (Å²) >= 11 is 1.70. The van der Waals surface area contributed by atoms with Crippen LogP contribution in [0.4, 0.5) is 5.13 Å². The van der Waals surface area contributed by atoms with Crippen LogP contribution in [0.25, 0.3) is 0 Å². The van der Waals surface area contributed by atoms with Crippen LogP contribution < -0.4 is 10.2 Å². The SMILES string of the molecule is CCCc1nc(N2CCCS(=O)(=O)CC2)sc1CNC. The average molecular weight is 317 g/mol. The number of hydrogen-bond acceptors (Lipinski definition) is 6. The first-order valence-electron chi connectivity index (χ1n) is 7.14. The molecule has 5 nitrogen and oxygen atoms in total. The highest BCUT2D eigenvalue weighted by atomic mass is 32.2. The zero-order chi connectivity index (χ0) is 14.6. The van der Waals surface area contributed by atoms with Crippen LogP contribution in [0.5, 0.6) is 0 Å². The molecule has 1 fully saturated rings. The molecule has 0 saturated carbocycles. The molecule has 0 unspecified atom stereocenters. The Morgan fingerprint density at radius 1 is 1.35 bits per heavy atom. The Labute approximate surface area is 125 Å². The van der Waals surface area contributed by atoms with Gasteiger partial charge in [-0.05, 0) is 19.9 Å². The second-order valence-corrected chi connectivity index (χ2v) is 8.50. The lowest BCUT2D eigenvalue weighted by atomic mass is 10.2. The normalized spacial score (nSPS) is 19.0. The van der Waals surface area contributed by atoms with Crippen LogP contribution in [-0.4, -0.2) is 45.0 Å². The number of nitrogens with one attached hydrogen (secondary N) is 1. The lowest BCUT2D eigenvalue weighted by molar-refractivity contribution is 0.597. The van der Waals surface area contributed by atoms with Gasteiger partial charge in [-0.2, -0.15) is 0 Å². The summed E-state index contributed by atoms with van der Waals surface area (Å²) in [7, 11) is -0.923. The number of anilines is 1. The fraction of sp³-hybridized carbons (Fsp3) is 0.769. The van der Waals surface area contributed by atoms with Crippen molar-refractivity contribution in [1.82, 2.24) is 10.3 Å². The van der Waals surface area contributed by atoms with E-state index in [2.05, 4.69) is 17.1 Å². The van der Waals surface area contributed by atoms with Crippen LogP contribution in [0.15, 0.2) is 0 Å². The number of aryl methyl sites for hydroxylation is 1. The number of nitrogens with zero attached hydrogens (tertiary/aromatic N) is 2. The topological polar surface area (TPSA) is 62.3 Å². The molecule has 0 aromatic carbocycles. The molecule has 1 aromatic rings. The highest BCUT2D eigenvalue weighted by molar-refractivity contribution is 7.91. The van der Waals surface area contributed by atoms with Gasteiger partial charge in [-0.25, -0.2) is 13.4 Å². The fourth-order valence-corrected chi connectivity index (χ4v) is 4.81. The maximum Gasteiger partial charge on any atom is 0.185 e. The highest BCUT2D eigenvalue weighted by Crippen LogP contribution is 2.28. The minimum absolute atomic E-state index is 0.247. The van der Waals surface area contributed by atoms with Crippen molar-refractivity contribution < 1.29 is 8.42 Å². The highest BCUT2D eigenvalue weighted by Gasteiger charge is 2.22. The van der Waals surface area contributed by atoms with Crippen LogP contribution >= 0.6 is 11.3 Å². The van der Waals surface area contributed by atoms with Crippen LogP contribution in [0.3, 0.4) is 0 Å². The second kappa shape index (κ2) is 6.87. The van der Waals surface area contributed by atoms with E-state index in [9.17, 15) is 8.42 Å². The Hall–Kier alpha value is -0.660. The van der Waals surface area contributed by atoms with Gasteiger partial charge in [0.2, 0.25) is 0 Å². The van der Waals surface area contributed by atoms with Gasteiger partial charge in [0, 0.05) is 24.5 Å². The van der Waals surface area contributed by atoms with E-state index in [0.29, 0.717) is 18.7 Å². The molecule has 7 heteroatoms. The van der Waals surface area contributed by atoms with Crippen molar-refractivity contribution in [3.05, 3.63) is 10.6 Å². The molecule has 0 spiro atoms. The molecule has 0 radical (unpaired) electrons. The zero-order valence-corrected chi connectivity index (χ0v) is 13.8. The molecule has 1 N–H and O–H groups in total. The number of aromatic nitrogens is 1. The van der Waals surface area contributed by atoms with E-state index >= 15 is 0 Å². The molecular weight excluding hydrogens is 294 g/mol. The molecule has 0 amide bonds. The fourth-order valence-electron chi connectivity index (χ4n) is 2.37. The summed E-state index contributed by atoms with van der Waals surface area (Å²) in [5.74, 6) is 0.553. The van der Waals surface area contributed by atoms with Gasteiger partial charge >= 0.3 is 0 Å². The molecule has 0 aliphatic carbocycles. The van der Waals surface area contributed by atoms with Gasteiger partial charge in [0.05, 0.1) is 17.2 Å². The summed E-state index contributed by atoms with van der Waals surface area (Å²) in [6.45, 7) is 4.34. The largest absolute Gasteiger partial charge is 0.347 e. The second-order valence-electron chi connectivity index (χ2n) is 5.14. The molecule has 0 atom stereocenters. The Morgan fingerprint density at radius 3 is 2.85 bits per heavy atom. The van der Waals surface area contributed by atoms with E-state index in [-0.39, 0.29) is 5.75 Å². The van der Waals surface area contributed by atoms with Crippen molar-refractivity contribution >= 4 is 26.3 Å². The van der Waals surface area contributed by atoms with Crippen molar-refractivity contribution in [2.45, 2.75) is 32.7 Å². The number of thiazole rings is 1. The van der Waals surface area contributed by atoms with Crippen LogP contribution in [0.1, 0.15) is 30.3 Å². The van der Waals surface area contributed by atoms with Gasteiger partial charge in [0.15, 0.2) is 15.0 Å². The molecule has 20 heavy (non-hydrogen) atoms. The molecule has 1 aliphatic heterocycles. The van der Waals surface area contributed by atoms with E-state index in [0.717, 1.165) is 36.8 Å². The first-order chi connectivity index (χ1) is 9.55. The first kappa shape index (κ1) is 15.7. The van der Waals surface area contributed by atoms with Crippen molar-refractivity contribution in [3.8, 4) is 0 Å². The van der Waals surface area contributed by atoms with E-state index in [4.69, 9.17) is 4.98 Å². The molecular formula is C13H23N3O2S2. The summed E-state index contributed by atoms with van der Waals surface area (Å²) < 4.78 is 23.3. The third-order valence-corrected chi connectivity index (χ3v) is 6.29. The summed E-state index contributed by atoms with van der Waals surface area (Å²) in [5, 5.41) is 4.16. The van der Waals surface area contributed by atoms with Gasteiger partial charge in [0.25, 0.3) is 0 Å². The molecule has 114 valence electrons. The van der Waals surface area contributed by atoms with Gasteiger partial charge in [0.1, 0.15) is 0 Å². The smallest absolute Gasteiger partial charge is 0.185 e. The summed E-state index contributed by atoms with van der Waals surface area (Å²) in [6, 6.07) is 0. The summed E-state index contributed by atoms with van der Waals surface area (Å²) in [4.78, 5) is 8.15. The van der Waals surface area contributed by atoms with Gasteiger partial charge in [-0.15, -0.1) is 11.3 Å². The lowest BCUT2D eigenvalue weighted by Crippen LogP contribution is -2.26.